The van der Waals surface area contributed by atoms with E-state index in [1.165, 1.54) is 43.8 Å². The zero-order valence-electron chi connectivity index (χ0n) is 15.0. The van der Waals surface area contributed by atoms with Crippen molar-refractivity contribution in [3.05, 3.63) is 64.3 Å². The van der Waals surface area contributed by atoms with Gasteiger partial charge in [0.15, 0.2) is 0 Å². The molecule has 1 fully saturated rings. The summed E-state index contributed by atoms with van der Waals surface area (Å²) in [6.07, 6.45) is 7.76. The van der Waals surface area contributed by atoms with E-state index in [2.05, 4.69) is 32.3 Å². The van der Waals surface area contributed by atoms with E-state index in [0.717, 1.165) is 13.1 Å². The maximum atomic E-state index is 12.3. The number of aromatic amines is 1. The highest BCUT2D eigenvalue weighted by atomic mass is 16.2. The largest absolute Gasteiger partial charge is 0.354 e. The molecule has 3 rings (SSSR count). The van der Waals surface area contributed by atoms with E-state index in [9.17, 15) is 9.59 Å². The molecule has 6 heteroatoms. The van der Waals surface area contributed by atoms with Crippen LogP contribution in [0.4, 0.5) is 0 Å². The highest BCUT2D eigenvalue weighted by molar-refractivity contribution is 5.78. The molecular weight excluding hydrogens is 328 g/mol. The van der Waals surface area contributed by atoms with Crippen LogP contribution in [0, 0.1) is 0 Å². The third kappa shape index (κ3) is 5.02. The van der Waals surface area contributed by atoms with Crippen LogP contribution in [0.25, 0.3) is 0 Å². The van der Waals surface area contributed by atoms with Gasteiger partial charge in [-0.25, -0.2) is 4.98 Å². The molecule has 0 aliphatic carbocycles. The molecule has 1 saturated heterocycles. The summed E-state index contributed by atoms with van der Waals surface area (Å²) in [5, 5.41) is 3.01. The molecule has 1 atom stereocenters. The van der Waals surface area contributed by atoms with Gasteiger partial charge in [-0.05, 0) is 31.5 Å². The zero-order valence-corrected chi connectivity index (χ0v) is 15.0. The number of amides is 1. The molecule has 0 saturated carbocycles. The Morgan fingerprint density at radius 2 is 1.88 bits per heavy atom. The molecule has 1 aliphatic rings. The summed E-state index contributed by atoms with van der Waals surface area (Å²) in [5.74, 6) is -0.153. The van der Waals surface area contributed by atoms with Crippen LogP contribution in [-0.2, 0) is 11.2 Å². The Labute approximate surface area is 153 Å². The summed E-state index contributed by atoms with van der Waals surface area (Å²) in [5.41, 5.74) is 1.34. The molecule has 0 spiro atoms. The number of carbonyl (C=O) groups excluding carboxylic acids is 1. The fraction of sp³-hybridized carbons (Fsp3) is 0.450. The fourth-order valence-corrected chi connectivity index (χ4v) is 3.49. The smallest absolute Gasteiger partial charge is 0.254 e. The van der Waals surface area contributed by atoms with E-state index < -0.39 is 0 Å². The second kappa shape index (κ2) is 9.29. The van der Waals surface area contributed by atoms with Crippen LogP contribution in [0.2, 0.25) is 0 Å². The Hall–Kier alpha value is -2.47. The Morgan fingerprint density at radius 3 is 2.58 bits per heavy atom. The minimum atomic E-state index is -0.262. The first-order valence-electron chi connectivity index (χ1n) is 9.31. The average Bonchev–Trinajstić information content (AvgIpc) is 2.94. The van der Waals surface area contributed by atoms with Crippen LogP contribution >= 0.6 is 0 Å². The second-order valence-corrected chi connectivity index (χ2v) is 6.76. The van der Waals surface area contributed by atoms with E-state index in [1.807, 2.05) is 18.2 Å². The Kier molecular flexibility index (Phi) is 6.55. The first-order valence-corrected chi connectivity index (χ1v) is 9.31. The lowest BCUT2D eigenvalue weighted by Gasteiger charge is -2.31. The van der Waals surface area contributed by atoms with Crippen molar-refractivity contribution in [2.24, 2.45) is 0 Å². The number of hydrogen-bond acceptors (Lipinski definition) is 4. The molecule has 2 N–H and O–H groups in total. The molecule has 1 aromatic heterocycles. The lowest BCUT2D eigenvalue weighted by atomic mass is 10.0. The van der Waals surface area contributed by atoms with Gasteiger partial charge in [0.05, 0.1) is 18.8 Å². The average molecular weight is 354 g/mol. The number of nitrogens with zero attached hydrogens (tertiary/aromatic N) is 2. The molecule has 0 radical (unpaired) electrons. The fourth-order valence-electron chi connectivity index (χ4n) is 3.49. The quantitative estimate of drug-likeness (QED) is 0.832. The SMILES string of the molecule is O=C(Cc1cnc[nH]c1=O)NCC(c1ccccc1)N1CCCCCC1. The predicted molar refractivity (Wildman–Crippen MR) is 101 cm³/mol. The van der Waals surface area contributed by atoms with E-state index in [0.29, 0.717) is 12.1 Å². The van der Waals surface area contributed by atoms with Crippen molar-refractivity contribution in [3.8, 4) is 0 Å². The van der Waals surface area contributed by atoms with Gasteiger partial charge in [-0.3, -0.25) is 14.5 Å². The van der Waals surface area contributed by atoms with Crippen molar-refractivity contribution in [3.63, 3.8) is 0 Å². The van der Waals surface area contributed by atoms with Crippen molar-refractivity contribution in [2.75, 3.05) is 19.6 Å². The van der Waals surface area contributed by atoms with E-state index in [-0.39, 0.29) is 23.9 Å². The van der Waals surface area contributed by atoms with E-state index in [1.54, 1.807) is 0 Å². The normalized spacial score (nSPS) is 16.6. The van der Waals surface area contributed by atoms with Crippen LogP contribution in [0.1, 0.15) is 42.9 Å². The van der Waals surface area contributed by atoms with E-state index >= 15 is 0 Å². The topological polar surface area (TPSA) is 78.1 Å². The molecule has 2 heterocycles. The van der Waals surface area contributed by atoms with Crippen molar-refractivity contribution >= 4 is 5.91 Å². The Bertz CT molecular complexity index is 752. The van der Waals surface area contributed by atoms with Gasteiger partial charge in [-0.2, -0.15) is 0 Å². The standard InChI is InChI=1S/C20H26N4O2/c25-19(12-17-13-21-15-23-20(17)26)22-14-18(16-8-4-3-5-9-16)24-10-6-1-2-7-11-24/h3-5,8-9,13,15,18H,1-2,6-7,10-12,14H2,(H,22,25)(H,21,23,26). The van der Waals surface area contributed by atoms with E-state index in [4.69, 9.17) is 0 Å². The van der Waals surface area contributed by atoms with Gasteiger partial charge in [-0.15, -0.1) is 0 Å². The van der Waals surface area contributed by atoms with Crippen molar-refractivity contribution < 1.29 is 4.79 Å². The van der Waals surface area contributed by atoms with Crippen LogP contribution < -0.4 is 10.9 Å². The van der Waals surface area contributed by atoms with Gasteiger partial charge in [-0.1, -0.05) is 43.2 Å². The number of likely N-dealkylation sites (tertiary alicyclic amines) is 1. The number of aromatic nitrogens is 2. The lowest BCUT2D eigenvalue weighted by Crippen LogP contribution is -2.39. The molecule has 138 valence electrons. The number of rotatable bonds is 6. The number of hydrogen-bond donors (Lipinski definition) is 2. The molecule has 1 aliphatic heterocycles. The summed E-state index contributed by atoms with van der Waals surface area (Å²) in [6, 6.07) is 10.5. The van der Waals surface area contributed by atoms with Crippen molar-refractivity contribution in [1.29, 1.82) is 0 Å². The third-order valence-electron chi connectivity index (χ3n) is 4.90. The van der Waals surface area contributed by atoms with Gasteiger partial charge in [0, 0.05) is 18.3 Å². The minimum absolute atomic E-state index is 0.0463. The summed E-state index contributed by atoms with van der Waals surface area (Å²) < 4.78 is 0. The number of carbonyl (C=O) groups is 1. The first kappa shape index (κ1) is 18.3. The minimum Gasteiger partial charge on any atom is -0.354 e. The summed E-state index contributed by atoms with van der Waals surface area (Å²) in [6.45, 7) is 2.65. The first-order chi connectivity index (χ1) is 12.7. The Balaban J connectivity index is 1.66. The molecule has 0 bridgehead atoms. The zero-order chi connectivity index (χ0) is 18.2. The lowest BCUT2D eigenvalue weighted by molar-refractivity contribution is -0.120. The predicted octanol–water partition coefficient (Wildman–Crippen LogP) is 2.05. The molecule has 1 aromatic carbocycles. The summed E-state index contributed by atoms with van der Waals surface area (Å²) in [7, 11) is 0. The van der Waals surface area contributed by atoms with Crippen molar-refractivity contribution in [2.45, 2.75) is 38.1 Å². The monoisotopic (exact) mass is 354 g/mol. The van der Waals surface area contributed by atoms with Gasteiger partial charge in [0.25, 0.3) is 5.56 Å². The number of H-pyrrole nitrogens is 1. The molecule has 1 amide bonds. The number of benzene rings is 1. The van der Waals surface area contributed by atoms with Crippen LogP contribution in [0.3, 0.4) is 0 Å². The van der Waals surface area contributed by atoms with Gasteiger partial charge >= 0.3 is 0 Å². The van der Waals surface area contributed by atoms with Crippen LogP contribution in [0.15, 0.2) is 47.7 Å². The van der Waals surface area contributed by atoms with Crippen molar-refractivity contribution in [1.82, 2.24) is 20.2 Å². The highest BCUT2D eigenvalue weighted by Crippen LogP contribution is 2.23. The molecular formula is C20H26N4O2. The molecule has 6 nitrogen and oxygen atoms in total. The molecule has 1 unspecified atom stereocenters. The van der Waals surface area contributed by atoms with Gasteiger partial charge < -0.3 is 10.3 Å². The summed E-state index contributed by atoms with van der Waals surface area (Å²) in [4.78, 5) is 32.9. The maximum absolute atomic E-state index is 12.3. The maximum Gasteiger partial charge on any atom is 0.254 e. The Morgan fingerprint density at radius 1 is 1.15 bits per heavy atom. The molecule has 2 aromatic rings. The number of nitrogens with one attached hydrogen (secondary N) is 2. The van der Waals surface area contributed by atoms with Gasteiger partial charge in [0.2, 0.25) is 5.91 Å². The van der Waals surface area contributed by atoms with Gasteiger partial charge in [0.1, 0.15) is 0 Å². The highest BCUT2D eigenvalue weighted by Gasteiger charge is 2.22. The van der Waals surface area contributed by atoms with Crippen LogP contribution in [-0.4, -0.2) is 40.4 Å². The summed E-state index contributed by atoms with van der Waals surface area (Å²) >= 11 is 0. The molecule has 26 heavy (non-hydrogen) atoms. The van der Waals surface area contributed by atoms with Crippen LogP contribution in [0.5, 0.6) is 0 Å². The third-order valence-corrected chi connectivity index (χ3v) is 4.90. The second-order valence-electron chi connectivity index (χ2n) is 6.76.